The van der Waals surface area contributed by atoms with Crippen molar-refractivity contribution in [1.82, 2.24) is 20.4 Å². The first-order chi connectivity index (χ1) is 12.3. The van der Waals surface area contributed by atoms with Gasteiger partial charge in [0.1, 0.15) is 5.75 Å². The lowest BCUT2D eigenvalue weighted by Crippen LogP contribution is -2.36. The van der Waals surface area contributed by atoms with Gasteiger partial charge in [-0.05, 0) is 13.0 Å². The van der Waals surface area contributed by atoms with E-state index in [1.807, 2.05) is 31.2 Å². The van der Waals surface area contributed by atoms with Crippen molar-refractivity contribution in [3.63, 3.8) is 0 Å². The number of aliphatic imine (C=N–C) groups is 1. The number of aromatic nitrogens is 2. The van der Waals surface area contributed by atoms with Crippen molar-refractivity contribution >= 4 is 29.9 Å². The Bertz CT molecular complexity index is 761. The molecule has 0 spiro atoms. The number of nitrogens with one attached hydrogen (secondary N) is 2. The first-order valence-corrected chi connectivity index (χ1v) is 8.09. The molecule has 0 amide bonds. The van der Waals surface area contributed by atoms with Crippen LogP contribution in [0.3, 0.4) is 0 Å². The van der Waals surface area contributed by atoms with Crippen LogP contribution < -0.4 is 15.4 Å². The number of guanidine groups is 1. The van der Waals surface area contributed by atoms with Gasteiger partial charge in [-0.25, -0.2) is 4.99 Å². The van der Waals surface area contributed by atoms with Crippen molar-refractivity contribution in [2.45, 2.75) is 26.2 Å². The van der Waals surface area contributed by atoms with Gasteiger partial charge in [-0.2, -0.15) is 18.3 Å². The average Bonchev–Trinajstić information content (AvgIpc) is 2.99. The highest BCUT2D eigenvalue weighted by atomic mass is 127. The molecule has 0 aliphatic heterocycles. The van der Waals surface area contributed by atoms with E-state index in [0.717, 1.165) is 16.0 Å². The minimum absolute atomic E-state index is 0. The number of benzene rings is 1. The Kier molecular flexibility index (Phi) is 8.86. The van der Waals surface area contributed by atoms with Crippen molar-refractivity contribution in [2.24, 2.45) is 12.0 Å². The number of alkyl halides is 3. The zero-order valence-electron chi connectivity index (χ0n) is 15.3. The summed E-state index contributed by atoms with van der Waals surface area (Å²) < 4.78 is 45.5. The van der Waals surface area contributed by atoms with Gasteiger partial charge in [0, 0.05) is 37.5 Å². The Labute approximate surface area is 173 Å². The minimum atomic E-state index is -4.50. The molecule has 0 radical (unpaired) electrons. The molecule has 27 heavy (non-hydrogen) atoms. The van der Waals surface area contributed by atoms with Crippen LogP contribution in [0.5, 0.6) is 5.75 Å². The Morgan fingerprint density at radius 2 is 1.93 bits per heavy atom. The van der Waals surface area contributed by atoms with Crippen molar-refractivity contribution < 1.29 is 17.9 Å². The molecule has 0 atom stereocenters. The van der Waals surface area contributed by atoms with Crippen molar-refractivity contribution in [2.75, 3.05) is 13.7 Å². The number of methoxy groups -OCH3 is 1. The molecule has 0 saturated carbocycles. The van der Waals surface area contributed by atoms with Crippen LogP contribution in [0.4, 0.5) is 13.2 Å². The van der Waals surface area contributed by atoms with Gasteiger partial charge >= 0.3 is 6.18 Å². The zero-order valence-corrected chi connectivity index (χ0v) is 17.6. The first kappa shape index (κ1) is 23.1. The average molecular weight is 497 g/mol. The van der Waals surface area contributed by atoms with E-state index in [1.165, 1.54) is 13.2 Å². The summed E-state index contributed by atoms with van der Waals surface area (Å²) in [6.07, 6.45) is -3.18. The summed E-state index contributed by atoms with van der Waals surface area (Å²) in [5.41, 5.74) is 0.0248. The quantitative estimate of drug-likeness (QED) is 0.365. The lowest BCUT2D eigenvalue weighted by molar-refractivity contribution is -0.142. The second kappa shape index (κ2) is 10.4. The number of hydrogen-bond acceptors (Lipinski definition) is 3. The summed E-state index contributed by atoms with van der Waals surface area (Å²) in [5, 5.41) is 9.60. The first-order valence-electron chi connectivity index (χ1n) is 8.09. The molecule has 10 heteroatoms. The Hall–Kier alpha value is -1.98. The smallest absolute Gasteiger partial charge is 0.435 e. The third-order valence-electron chi connectivity index (χ3n) is 3.56. The summed E-state index contributed by atoms with van der Waals surface area (Å²) >= 11 is 0. The molecule has 0 bridgehead atoms. The van der Waals surface area contributed by atoms with E-state index >= 15 is 0 Å². The lowest BCUT2D eigenvalue weighted by Gasteiger charge is -2.13. The van der Waals surface area contributed by atoms with Crippen molar-refractivity contribution in [3.05, 3.63) is 47.3 Å². The van der Waals surface area contributed by atoms with Gasteiger partial charge in [-0.3, -0.25) is 4.68 Å². The van der Waals surface area contributed by atoms with E-state index in [9.17, 15) is 13.2 Å². The van der Waals surface area contributed by atoms with Crippen LogP contribution in [0.1, 0.15) is 23.7 Å². The summed E-state index contributed by atoms with van der Waals surface area (Å²) in [6.45, 7) is 2.75. The molecular weight excluding hydrogens is 474 g/mol. The number of para-hydroxylation sites is 1. The maximum Gasteiger partial charge on any atom is 0.435 e. The maximum absolute atomic E-state index is 13.0. The molecule has 1 aromatic heterocycles. The largest absolute Gasteiger partial charge is 0.496 e. The van der Waals surface area contributed by atoms with E-state index in [4.69, 9.17) is 4.74 Å². The highest BCUT2D eigenvalue weighted by Crippen LogP contribution is 2.30. The highest BCUT2D eigenvalue weighted by Gasteiger charge is 2.36. The second-order valence-corrected chi connectivity index (χ2v) is 5.53. The molecule has 1 aromatic carbocycles. The number of rotatable bonds is 6. The van der Waals surface area contributed by atoms with Crippen molar-refractivity contribution in [3.8, 4) is 5.75 Å². The number of hydrogen-bond donors (Lipinski definition) is 2. The van der Waals surface area contributed by atoms with Gasteiger partial charge in [-0.1, -0.05) is 18.2 Å². The van der Waals surface area contributed by atoms with Crippen molar-refractivity contribution in [1.29, 1.82) is 0 Å². The van der Waals surface area contributed by atoms with Crippen LogP contribution in [0, 0.1) is 0 Å². The summed E-state index contributed by atoms with van der Waals surface area (Å²) in [6, 6.07) is 7.49. The van der Waals surface area contributed by atoms with E-state index in [1.54, 1.807) is 7.11 Å². The predicted octanol–water partition coefficient (Wildman–Crippen LogP) is 3.32. The van der Waals surface area contributed by atoms with Gasteiger partial charge in [0.05, 0.1) is 13.7 Å². The van der Waals surface area contributed by atoms with Gasteiger partial charge in [0.2, 0.25) is 0 Å². The molecule has 2 N–H and O–H groups in total. The summed E-state index contributed by atoms with van der Waals surface area (Å²) in [7, 11) is 3.03. The van der Waals surface area contributed by atoms with Crippen LogP contribution in [0.15, 0.2) is 35.5 Å². The number of ether oxygens (including phenoxy) is 1. The number of nitrogens with zero attached hydrogens (tertiary/aromatic N) is 3. The maximum atomic E-state index is 13.0. The van der Waals surface area contributed by atoms with Gasteiger partial charge < -0.3 is 15.4 Å². The SMILES string of the molecule is CCNC(=NCc1cn(C)nc1C(F)(F)F)NCc1ccccc1OC.I. The monoisotopic (exact) mass is 497 g/mol. The van der Waals surface area contributed by atoms with Crippen LogP contribution >= 0.6 is 24.0 Å². The molecule has 0 fully saturated rings. The highest BCUT2D eigenvalue weighted by molar-refractivity contribution is 14.0. The van der Waals surface area contributed by atoms with E-state index in [2.05, 4.69) is 20.7 Å². The summed E-state index contributed by atoms with van der Waals surface area (Å²) in [5.74, 6) is 1.14. The van der Waals surface area contributed by atoms with E-state index < -0.39 is 11.9 Å². The minimum Gasteiger partial charge on any atom is -0.496 e. The van der Waals surface area contributed by atoms with Gasteiger partial charge in [0.25, 0.3) is 0 Å². The Morgan fingerprint density at radius 1 is 1.22 bits per heavy atom. The number of aryl methyl sites for hydroxylation is 1. The fourth-order valence-corrected chi connectivity index (χ4v) is 2.43. The molecule has 150 valence electrons. The van der Waals surface area contributed by atoms with E-state index in [0.29, 0.717) is 19.0 Å². The normalized spacial score (nSPS) is 11.7. The van der Waals surface area contributed by atoms with Gasteiger partial charge in [0.15, 0.2) is 11.7 Å². The molecule has 0 aliphatic carbocycles. The molecule has 2 aromatic rings. The molecular formula is C17H23F3IN5O. The molecule has 0 saturated heterocycles. The second-order valence-electron chi connectivity index (χ2n) is 5.53. The van der Waals surface area contributed by atoms with Crippen LogP contribution in [-0.2, 0) is 26.3 Å². The standard InChI is InChI=1S/C17H22F3N5O.HI/c1-4-21-16(22-9-12-7-5-6-8-14(12)26-3)23-10-13-11-25(2)24-15(13)17(18,19)20;/h5-8,11H,4,9-10H2,1-3H3,(H2,21,22,23);1H. The summed E-state index contributed by atoms with van der Waals surface area (Å²) in [4.78, 5) is 4.24. The Balaban J connectivity index is 0.00000364. The third-order valence-corrected chi connectivity index (χ3v) is 3.56. The Morgan fingerprint density at radius 3 is 2.56 bits per heavy atom. The number of halogens is 4. The topological polar surface area (TPSA) is 63.5 Å². The predicted molar refractivity (Wildman–Crippen MR) is 108 cm³/mol. The van der Waals surface area contributed by atoms with Crippen LogP contribution in [0.2, 0.25) is 0 Å². The lowest BCUT2D eigenvalue weighted by atomic mass is 10.2. The molecule has 1 heterocycles. The van der Waals surface area contributed by atoms with E-state index in [-0.39, 0.29) is 36.1 Å². The zero-order chi connectivity index (χ0) is 19.2. The van der Waals surface area contributed by atoms with Crippen LogP contribution in [-0.4, -0.2) is 29.4 Å². The fraction of sp³-hybridized carbons (Fsp3) is 0.412. The molecule has 0 aliphatic rings. The molecule has 6 nitrogen and oxygen atoms in total. The fourth-order valence-electron chi connectivity index (χ4n) is 2.43. The molecule has 0 unspecified atom stereocenters. The van der Waals surface area contributed by atoms with Crippen LogP contribution in [0.25, 0.3) is 0 Å². The third kappa shape index (κ3) is 6.60. The molecule has 2 rings (SSSR count). The van der Waals surface area contributed by atoms with Gasteiger partial charge in [-0.15, -0.1) is 24.0 Å².